The average Bonchev–Trinajstić information content (AvgIpc) is 2.79. The van der Waals surface area contributed by atoms with Crippen LogP contribution in [0.15, 0.2) is 30.4 Å². The number of benzene rings is 1. The number of fused-ring (bicyclic) bond motifs is 1. The van der Waals surface area contributed by atoms with Gasteiger partial charge in [0, 0.05) is 6.07 Å². The summed E-state index contributed by atoms with van der Waals surface area (Å²) in [6, 6.07) is 5.84. The Bertz CT molecular complexity index is 849. The molecule has 4 heteroatoms. The monoisotopic (exact) mass is 423 g/mol. The molecule has 3 fully saturated rings. The lowest BCUT2D eigenvalue weighted by Crippen LogP contribution is -2.40. The molecule has 0 saturated heterocycles. The van der Waals surface area contributed by atoms with Gasteiger partial charge in [-0.2, -0.15) is 5.26 Å². The lowest BCUT2D eigenvalue weighted by Gasteiger charge is -2.45. The topological polar surface area (TPSA) is 50.1 Å². The van der Waals surface area contributed by atoms with Gasteiger partial charge in [-0.05, 0) is 100 Å². The van der Waals surface area contributed by atoms with Crippen LogP contribution in [0.4, 0.5) is 4.39 Å². The number of nitrogens with zero attached hydrogens (tertiary/aromatic N) is 1. The molecule has 3 aliphatic carbocycles. The first-order valence-electron chi connectivity index (χ1n) is 12.1. The summed E-state index contributed by atoms with van der Waals surface area (Å²) < 4.78 is 19.4. The second-order valence-electron chi connectivity index (χ2n) is 9.91. The maximum atomic E-state index is 13.9. The number of hydrogen-bond acceptors (Lipinski definition) is 3. The standard InChI is InChI=1S/C27H34FNO2/c1-2-4-18-7-9-19(10-8-18)20-12-14-24-21(15-20)5-3-6-25(24)27(30)31-23-13-11-22(17-29)26(28)16-23/h2,4,11,13,16,18-21,24-25H,3,5-10,12,14-15H2,1H3/b4-2+. The van der Waals surface area contributed by atoms with Crippen molar-refractivity contribution in [2.75, 3.05) is 0 Å². The summed E-state index contributed by atoms with van der Waals surface area (Å²) in [7, 11) is 0. The second-order valence-corrected chi connectivity index (χ2v) is 9.91. The zero-order valence-corrected chi connectivity index (χ0v) is 18.6. The summed E-state index contributed by atoms with van der Waals surface area (Å²) in [5.41, 5.74) is -0.0319. The highest BCUT2D eigenvalue weighted by Crippen LogP contribution is 2.50. The minimum Gasteiger partial charge on any atom is -0.426 e. The predicted molar refractivity (Wildman–Crippen MR) is 119 cm³/mol. The maximum Gasteiger partial charge on any atom is 0.314 e. The van der Waals surface area contributed by atoms with Crippen molar-refractivity contribution in [1.29, 1.82) is 5.26 Å². The highest BCUT2D eigenvalue weighted by Gasteiger charge is 2.43. The van der Waals surface area contributed by atoms with E-state index in [2.05, 4.69) is 19.1 Å². The van der Waals surface area contributed by atoms with Crippen molar-refractivity contribution >= 4 is 5.97 Å². The molecule has 3 nitrogen and oxygen atoms in total. The first kappa shape index (κ1) is 22.1. The number of nitriles is 1. The summed E-state index contributed by atoms with van der Waals surface area (Å²) in [5.74, 6) is 2.74. The molecule has 3 saturated carbocycles. The van der Waals surface area contributed by atoms with Crippen molar-refractivity contribution < 1.29 is 13.9 Å². The van der Waals surface area contributed by atoms with Gasteiger partial charge in [0.15, 0.2) is 0 Å². The third-order valence-electron chi connectivity index (χ3n) is 8.22. The van der Waals surface area contributed by atoms with Crippen LogP contribution in [0, 0.1) is 52.7 Å². The van der Waals surface area contributed by atoms with E-state index in [1.807, 2.05) is 0 Å². The first-order chi connectivity index (χ1) is 15.1. The molecule has 166 valence electrons. The number of carbonyl (C=O) groups excluding carboxylic acids is 1. The van der Waals surface area contributed by atoms with Gasteiger partial charge in [-0.15, -0.1) is 0 Å². The van der Waals surface area contributed by atoms with Crippen LogP contribution in [0.2, 0.25) is 0 Å². The van der Waals surface area contributed by atoms with Gasteiger partial charge in [0.1, 0.15) is 17.6 Å². The Kier molecular flexibility index (Phi) is 7.10. The number of hydrogen-bond donors (Lipinski definition) is 0. The molecule has 0 radical (unpaired) electrons. The van der Waals surface area contributed by atoms with Gasteiger partial charge in [0.25, 0.3) is 0 Å². The summed E-state index contributed by atoms with van der Waals surface area (Å²) in [6.45, 7) is 2.12. The lowest BCUT2D eigenvalue weighted by atomic mass is 9.59. The van der Waals surface area contributed by atoms with Crippen LogP contribution < -0.4 is 4.74 Å². The molecule has 4 unspecified atom stereocenters. The molecule has 4 rings (SSSR count). The van der Waals surface area contributed by atoms with Gasteiger partial charge in [-0.3, -0.25) is 4.79 Å². The van der Waals surface area contributed by atoms with Crippen molar-refractivity contribution in [2.24, 2.45) is 35.5 Å². The van der Waals surface area contributed by atoms with Gasteiger partial charge >= 0.3 is 5.97 Å². The SMILES string of the molecule is C/C=C/C1CCC(C2CCC3C(CCCC3C(=O)Oc3ccc(C#N)c(F)c3)C2)CC1. The van der Waals surface area contributed by atoms with Crippen molar-refractivity contribution in [2.45, 2.75) is 71.1 Å². The Morgan fingerprint density at radius 1 is 1.06 bits per heavy atom. The fourth-order valence-corrected chi connectivity index (χ4v) is 6.64. The summed E-state index contributed by atoms with van der Waals surface area (Å²) in [4.78, 5) is 13.0. The van der Waals surface area contributed by atoms with Crippen LogP contribution >= 0.6 is 0 Å². The molecular weight excluding hydrogens is 389 g/mol. The average molecular weight is 424 g/mol. The van der Waals surface area contributed by atoms with Crippen molar-refractivity contribution in [3.8, 4) is 11.8 Å². The molecule has 0 amide bonds. The van der Waals surface area contributed by atoms with Gasteiger partial charge in [-0.1, -0.05) is 25.0 Å². The van der Waals surface area contributed by atoms with E-state index in [0.717, 1.165) is 43.1 Å². The van der Waals surface area contributed by atoms with E-state index >= 15 is 0 Å². The van der Waals surface area contributed by atoms with E-state index in [1.54, 1.807) is 6.07 Å². The Balaban J connectivity index is 1.35. The molecule has 1 aromatic carbocycles. The molecule has 0 bridgehead atoms. The Hall–Kier alpha value is -2.15. The van der Waals surface area contributed by atoms with Crippen molar-refractivity contribution in [1.82, 2.24) is 0 Å². The summed E-state index contributed by atoms with van der Waals surface area (Å²) in [6.07, 6.45) is 16.7. The quantitative estimate of drug-likeness (QED) is 0.303. The molecule has 4 atom stereocenters. The largest absolute Gasteiger partial charge is 0.426 e. The molecular formula is C27H34FNO2. The molecule has 0 N–H and O–H groups in total. The zero-order valence-electron chi connectivity index (χ0n) is 18.6. The smallest absolute Gasteiger partial charge is 0.314 e. The van der Waals surface area contributed by atoms with Gasteiger partial charge in [-0.25, -0.2) is 4.39 Å². The van der Waals surface area contributed by atoms with Crippen molar-refractivity contribution in [3.05, 3.63) is 41.7 Å². The number of rotatable bonds is 4. The fourth-order valence-electron chi connectivity index (χ4n) is 6.64. The third-order valence-corrected chi connectivity index (χ3v) is 8.22. The first-order valence-corrected chi connectivity index (χ1v) is 12.1. The van der Waals surface area contributed by atoms with E-state index in [-0.39, 0.29) is 23.2 Å². The molecule has 0 heterocycles. The molecule has 31 heavy (non-hydrogen) atoms. The van der Waals surface area contributed by atoms with Crippen molar-refractivity contribution in [3.63, 3.8) is 0 Å². The lowest BCUT2D eigenvalue weighted by molar-refractivity contribution is -0.144. The molecule has 0 aliphatic heterocycles. The van der Waals surface area contributed by atoms with Gasteiger partial charge in [0.2, 0.25) is 0 Å². The zero-order chi connectivity index (χ0) is 21.8. The van der Waals surface area contributed by atoms with Crippen LogP contribution in [0.25, 0.3) is 0 Å². The Morgan fingerprint density at radius 2 is 1.84 bits per heavy atom. The predicted octanol–water partition coefficient (Wildman–Crippen LogP) is 6.82. The number of halogens is 1. The van der Waals surface area contributed by atoms with Crippen LogP contribution in [0.5, 0.6) is 5.75 Å². The Morgan fingerprint density at radius 3 is 2.55 bits per heavy atom. The highest BCUT2D eigenvalue weighted by molar-refractivity contribution is 5.75. The third kappa shape index (κ3) is 5.03. The van der Waals surface area contributed by atoms with Gasteiger partial charge in [0.05, 0.1) is 11.5 Å². The van der Waals surface area contributed by atoms with E-state index in [9.17, 15) is 9.18 Å². The number of esters is 1. The van der Waals surface area contributed by atoms with E-state index in [1.165, 1.54) is 57.1 Å². The van der Waals surface area contributed by atoms with Crippen LogP contribution in [0.1, 0.15) is 76.7 Å². The number of carbonyl (C=O) groups is 1. The van der Waals surface area contributed by atoms with E-state index in [4.69, 9.17) is 10.00 Å². The van der Waals surface area contributed by atoms with Crippen LogP contribution in [0.3, 0.4) is 0 Å². The number of ether oxygens (including phenoxy) is 1. The number of allylic oxidation sites excluding steroid dienone is 2. The second kappa shape index (κ2) is 9.98. The van der Waals surface area contributed by atoms with Crippen LogP contribution in [-0.4, -0.2) is 5.97 Å². The normalized spacial score (nSPS) is 33.5. The van der Waals surface area contributed by atoms with Gasteiger partial charge < -0.3 is 4.74 Å². The molecule has 0 aromatic heterocycles. The molecule has 1 aromatic rings. The Labute approximate surface area is 185 Å². The van der Waals surface area contributed by atoms with Crippen LogP contribution in [-0.2, 0) is 4.79 Å². The molecule has 0 spiro atoms. The van der Waals surface area contributed by atoms with E-state index in [0.29, 0.717) is 11.8 Å². The fraction of sp³-hybridized carbons (Fsp3) is 0.630. The van der Waals surface area contributed by atoms with E-state index < -0.39 is 5.82 Å². The summed E-state index contributed by atoms with van der Waals surface area (Å²) >= 11 is 0. The molecule has 3 aliphatic rings. The minimum absolute atomic E-state index is 0.0319. The minimum atomic E-state index is -0.640. The highest BCUT2D eigenvalue weighted by atomic mass is 19.1. The summed E-state index contributed by atoms with van der Waals surface area (Å²) in [5, 5.41) is 8.88. The maximum absolute atomic E-state index is 13.9.